The number of nitrogens with one attached hydrogen (secondary N) is 1. The van der Waals surface area contributed by atoms with Crippen LogP contribution in [-0.4, -0.2) is 57.8 Å². The van der Waals surface area contributed by atoms with Crippen LogP contribution in [0.1, 0.15) is 37.9 Å². The Labute approximate surface area is 248 Å². The first-order valence-electron chi connectivity index (χ1n) is 14.0. The predicted octanol–water partition coefficient (Wildman–Crippen LogP) is 6.55. The maximum absolute atomic E-state index is 12.7. The van der Waals surface area contributed by atoms with Crippen molar-refractivity contribution in [3.63, 3.8) is 0 Å². The molecule has 0 spiro atoms. The molecule has 7 heteroatoms. The highest BCUT2D eigenvalue weighted by molar-refractivity contribution is 7.91. The molecule has 5 rings (SSSR count). The molecule has 2 N–H and O–H groups in total. The molecule has 41 heavy (non-hydrogen) atoms. The fourth-order valence-electron chi connectivity index (χ4n) is 4.73. The second kappa shape index (κ2) is 18.3. The van der Waals surface area contributed by atoms with Gasteiger partial charge in [-0.15, -0.1) is 0 Å². The van der Waals surface area contributed by atoms with Crippen LogP contribution in [-0.2, 0) is 27.5 Å². The largest absolute Gasteiger partial charge is 0.400 e. The van der Waals surface area contributed by atoms with Gasteiger partial charge in [0.15, 0.2) is 9.84 Å². The topological polar surface area (TPSA) is 80.6 Å². The van der Waals surface area contributed by atoms with E-state index in [1.54, 1.807) is 38.5 Å². The lowest BCUT2D eigenvalue weighted by atomic mass is 10.0. The summed E-state index contributed by atoms with van der Waals surface area (Å²) in [7, 11) is 0.949. The number of nitrogens with zero attached hydrogens (tertiary/aromatic N) is 1. The highest BCUT2D eigenvalue weighted by Crippen LogP contribution is 2.26. The lowest BCUT2D eigenvalue weighted by Gasteiger charge is -2.09. The maximum atomic E-state index is 12.7. The average molecular weight is 581 g/mol. The van der Waals surface area contributed by atoms with Gasteiger partial charge in [0.1, 0.15) is 0 Å². The number of sulfone groups is 1. The Morgan fingerprint density at radius 1 is 1.02 bits per heavy atom. The number of aryl methyl sites for hydroxylation is 2. The molecule has 2 heterocycles. The van der Waals surface area contributed by atoms with Gasteiger partial charge in [0.05, 0.1) is 10.6 Å². The lowest BCUT2D eigenvalue weighted by molar-refractivity contribution is 0.277. The van der Waals surface area contributed by atoms with Crippen molar-refractivity contribution >= 4 is 26.8 Å². The lowest BCUT2D eigenvalue weighted by Crippen LogP contribution is -2.23. The molecule has 1 fully saturated rings. The zero-order chi connectivity index (χ0) is 30.1. The van der Waals surface area contributed by atoms with E-state index in [1.807, 2.05) is 37.3 Å². The number of aliphatic hydroxyl groups is 1. The number of allylic oxidation sites excluding steroid dienone is 1. The van der Waals surface area contributed by atoms with E-state index < -0.39 is 9.84 Å². The zero-order valence-electron chi connectivity index (χ0n) is 25.1. The summed E-state index contributed by atoms with van der Waals surface area (Å²) in [5.41, 5.74) is 4.90. The summed E-state index contributed by atoms with van der Waals surface area (Å²) < 4.78 is 31.8. The number of rotatable bonds is 7. The molecule has 3 aromatic carbocycles. The Morgan fingerprint density at radius 3 is 2.20 bits per heavy atom. The van der Waals surface area contributed by atoms with Gasteiger partial charge in [-0.2, -0.15) is 0 Å². The van der Waals surface area contributed by atoms with E-state index in [0.717, 1.165) is 25.6 Å². The van der Waals surface area contributed by atoms with Gasteiger partial charge in [0, 0.05) is 52.4 Å². The summed E-state index contributed by atoms with van der Waals surface area (Å²) in [5, 5.41) is 11.8. The smallest absolute Gasteiger partial charge is 0.180 e. The predicted molar refractivity (Wildman–Crippen MR) is 174 cm³/mol. The number of hydrogen-bond acceptors (Lipinski definition) is 5. The van der Waals surface area contributed by atoms with Crippen molar-refractivity contribution in [1.82, 2.24) is 9.88 Å². The number of ether oxygens (including phenoxy) is 1. The molecule has 1 saturated heterocycles. The number of fused-ring (bicyclic) bond motifs is 1. The molecule has 4 aromatic rings. The van der Waals surface area contributed by atoms with E-state index in [9.17, 15) is 8.42 Å². The van der Waals surface area contributed by atoms with Crippen LogP contribution < -0.4 is 5.32 Å². The molecular weight excluding hydrogens is 532 g/mol. The van der Waals surface area contributed by atoms with Crippen LogP contribution in [0, 0.1) is 6.92 Å². The van der Waals surface area contributed by atoms with Crippen molar-refractivity contribution in [2.24, 2.45) is 0 Å². The monoisotopic (exact) mass is 580 g/mol. The summed E-state index contributed by atoms with van der Waals surface area (Å²) in [6.07, 6.45) is 9.71. The molecule has 1 aliphatic heterocycles. The minimum Gasteiger partial charge on any atom is -0.400 e. The fourth-order valence-corrected chi connectivity index (χ4v) is 5.97. The van der Waals surface area contributed by atoms with Gasteiger partial charge in [-0.3, -0.25) is 0 Å². The second-order valence-electron chi connectivity index (χ2n) is 9.82. The first-order valence-corrected chi connectivity index (χ1v) is 15.6. The number of benzene rings is 3. The molecule has 0 saturated carbocycles. The molecule has 1 atom stereocenters. The summed E-state index contributed by atoms with van der Waals surface area (Å²) in [4.78, 5) is 0.391. The summed E-state index contributed by atoms with van der Waals surface area (Å²) in [6.45, 7) is 5.64. The molecule has 0 bridgehead atoms. The van der Waals surface area contributed by atoms with Gasteiger partial charge in [0.25, 0.3) is 0 Å². The maximum Gasteiger partial charge on any atom is 0.180 e. The molecule has 224 valence electrons. The third kappa shape index (κ3) is 10.9. The summed E-state index contributed by atoms with van der Waals surface area (Å²) >= 11 is 0. The Balaban J connectivity index is 0.000000575. The van der Waals surface area contributed by atoms with Crippen molar-refractivity contribution in [2.75, 3.05) is 33.6 Å². The molecule has 0 amide bonds. The highest BCUT2D eigenvalue weighted by atomic mass is 32.2. The Hall–Kier alpha value is -3.23. The highest BCUT2D eigenvalue weighted by Gasteiger charge is 2.19. The molecule has 1 unspecified atom stereocenters. The molecule has 0 aliphatic carbocycles. The van der Waals surface area contributed by atoms with E-state index in [-0.39, 0.29) is 7.18 Å². The van der Waals surface area contributed by atoms with Crippen LogP contribution in [0.25, 0.3) is 17.0 Å². The van der Waals surface area contributed by atoms with E-state index in [2.05, 4.69) is 64.1 Å². The van der Waals surface area contributed by atoms with Gasteiger partial charge in [-0.1, -0.05) is 72.3 Å². The molecule has 1 aliphatic rings. The first-order chi connectivity index (χ1) is 19.9. The van der Waals surface area contributed by atoms with Crippen LogP contribution in [0.5, 0.6) is 0 Å². The van der Waals surface area contributed by atoms with Crippen LogP contribution in [0.4, 0.5) is 0 Å². The Morgan fingerprint density at radius 2 is 1.66 bits per heavy atom. The Bertz CT molecular complexity index is 1420. The zero-order valence-corrected chi connectivity index (χ0v) is 25.9. The summed E-state index contributed by atoms with van der Waals surface area (Å²) in [6, 6.07) is 25.9. The van der Waals surface area contributed by atoms with Gasteiger partial charge in [-0.25, -0.2) is 8.42 Å². The van der Waals surface area contributed by atoms with Crippen LogP contribution in [0.15, 0.2) is 96.0 Å². The van der Waals surface area contributed by atoms with E-state index >= 15 is 0 Å². The van der Waals surface area contributed by atoms with Gasteiger partial charge < -0.3 is 19.7 Å². The van der Waals surface area contributed by atoms with E-state index in [1.165, 1.54) is 34.9 Å². The SMILES string of the molecule is C/C=C/c1ccc2c(c1)c(CC1CCCN1)cn2CCS(=O)(=O)c1ccccc1.CO.COC.Cc1ccccc1.[HH]. The molecule has 0 radical (unpaired) electrons. The minimum atomic E-state index is -3.30. The van der Waals surface area contributed by atoms with Crippen molar-refractivity contribution < 1.29 is 19.7 Å². The van der Waals surface area contributed by atoms with Crippen LogP contribution in [0.3, 0.4) is 0 Å². The van der Waals surface area contributed by atoms with Gasteiger partial charge >= 0.3 is 0 Å². The number of aliphatic hydroxyl groups excluding tert-OH is 1. The average Bonchev–Trinajstić information content (AvgIpc) is 3.63. The minimum absolute atomic E-state index is 0. The van der Waals surface area contributed by atoms with E-state index in [4.69, 9.17) is 5.11 Å². The van der Waals surface area contributed by atoms with Gasteiger partial charge in [0.2, 0.25) is 0 Å². The van der Waals surface area contributed by atoms with E-state index in [0.29, 0.717) is 17.5 Å². The normalized spacial score (nSPS) is 14.4. The third-order valence-electron chi connectivity index (χ3n) is 6.62. The number of methoxy groups -OCH3 is 1. The van der Waals surface area contributed by atoms with Crippen molar-refractivity contribution in [1.29, 1.82) is 0 Å². The second-order valence-corrected chi connectivity index (χ2v) is 11.9. The molecule has 6 nitrogen and oxygen atoms in total. The fraction of sp³-hybridized carbons (Fsp3) is 0.353. The van der Waals surface area contributed by atoms with Crippen LogP contribution in [0.2, 0.25) is 0 Å². The third-order valence-corrected chi connectivity index (χ3v) is 8.33. The number of hydrogen-bond donors (Lipinski definition) is 2. The molecule has 1 aromatic heterocycles. The van der Waals surface area contributed by atoms with Crippen LogP contribution >= 0.6 is 0 Å². The first kappa shape index (κ1) is 34.0. The number of aromatic nitrogens is 1. The Kier molecular flexibility index (Phi) is 15.1. The quantitative estimate of drug-likeness (QED) is 0.259. The van der Waals surface area contributed by atoms with Gasteiger partial charge in [-0.05, 0) is 75.0 Å². The summed E-state index contributed by atoms with van der Waals surface area (Å²) in [5.74, 6) is 0.0958. The van der Waals surface area contributed by atoms with Crippen molar-refractivity contribution in [2.45, 2.75) is 50.6 Å². The van der Waals surface area contributed by atoms with Crippen molar-refractivity contribution in [3.05, 3.63) is 108 Å². The van der Waals surface area contributed by atoms with Crippen molar-refractivity contribution in [3.8, 4) is 0 Å². The standard InChI is InChI=1S/C24H28N2O2S.C7H8.C2H6O.CH4O.H2/c1-2-7-19-11-12-24-23(16-19)20(17-21-8-6-13-25-21)18-26(24)14-15-29(27,28)22-9-4-3-5-10-22;1-7-5-3-2-4-6-7;1-3-2;1-2;/h2-5,7,9-12,16,18,21,25H,6,8,13-15,17H2,1H3;2-6H,1H3;1-2H3;2H,1H3;1H/b7-2+;;;;. The molecular formula is C34H48N2O4S.